The van der Waals surface area contributed by atoms with Gasteiger partial charge in [0, 0.05) is 57.3 Å². The molecule has 142 valence electrons. The van der Waals surface area contributed by atoms with Gasteiger partial charge >= 0.3 is 0 Å². The van der Waals surface area contributed by atoms with Crippen LogP contribution < -0.4 is 9.80 Å². The van der Waals surface area contributed by atoms with Crippen LogP contribution >= 0.6 is 0 Å². The molecule has 0 spiro atoms. The Hall–Kier alpha value is -2.48. The van der Waals surface area contributed by atoms with Gasteiger partial charge in [-0.3, -0.25) is 9.48 Å². The highest BCUT2D eigenvalue weighted by Gasteiger charge is 2.30. The van der Waals surface area contributed by atoms with Gasteiger partial charge in [-0.25, -0.2) is 9.97 Å². The Balaban J connectivity index is 1.34. The fraction of sp³-hybridized carbons (Fsp3) is 0.579. The molecule has 0 bridgehead atoms. The molecule has 0 aliphatic carbocycles. The van der Waals surface area contributed by atoms with Crippen molar-refractivity contribution in [3.63, 3.8) is 0 Å². The first-order valence-corrected chi connectivity index (χ1v) is 9.80. The van der Waals surface area contributed by atoms with E-state index in [1.165, 1.54) is 11.3 Å². The Labute approximate surface area is 158 Å². The number of nitrogens with zero attached hydrogens (tertiary/aromatic N) is 7. The fourth-order valence-corrected chi connectivity index (χ4v) is 4.47. The maximum atomic E-state index is 12.0. The molecule has 0 aromatic carbocycles. The molecule has 2 aromatic heterocycles. The van der Waals surface area contributed by atoms with Gasteiger partial charge in [0.2, 0.25) is 5.91 Å². The SMILES string of the molecule is CN1CCc2ncnc(N3CCC(n4cc(N5CCCC5=O)cn4)C3)c2C1. The zero-order chi connectivity index (χ0) is 18.4. The van der Waals surface area contributed by atoms with E-state index in [2.05, 4.69) is 31.9 Å². The van der Waals surface area contributed by atoms with Crippen molar-refractivity contribution in [1.29, 1.82) is 0 Å². The summed E-state index contributed by atoms with van der Waals surface area (Å²) in [6.45, 7) is 4.63. The summed E-state index contributed by atoms with van der Waals surface area (Å²) in [5.41, 5.74) is 3.39. The maximum Gasteiger partial charge on any atom is 0.227 e. The third kappa shape index (κ3) is 2.97. The number of hydrogen-bond acceptors (Lipinski definition) is 6. The van der Waals surface area contributed by atoms with Gasteiger partial charge in [-0.2, -0.15) is 5.10 Å². The zero-order valence-electron chi connectivity index (χ0n) is 15.7. The van der Waals surface area contributed by atoms with Crippen molar-refractivity contribution in [2.75, 3.05) is 43.0 Å². The van der Waals surface area contributed by atoms with Gasteiger partial charge < -0.3 is 14.7 Å². The molecule has 27 heavy (non-hydrogen) atoms. The van der Waals surface area contributed by atoms with Gasteiger partial charge in [0.05, 0.1) is 23.6 Å². The number of carbonyl (C=O) groups is 1. The lowest BCUT2D eigenvalue weighted by Crippen LogP contribution is -2.31. The Morgan fingerprint density at radius 3 is 2.93 bits per heavy atom. The summed E-state index contributed by atoms with van der Waals surface area (Å²) in [6.07, 6.45) is 9.17. The van der Waals surface area contributed by atoms with Gasteiger partial charge in [0.15, 0.2) is 0 Å². The normalized spacial score (nSPS) is 23.3. The van der Waals surface area contributed by atoms with Crippen molar-refractivity contribution in [3.05, 3.63) is 30.0 Å². The second kappa shape index (κ2) is 6.60. The first-order chi connectivity index (χ1) is 13.2. The highest BCUT2D eigenvalue weighted by Crippen LogP contribution is 2.31. The molecule has 2 aromatic rings. The summed E-state index contributed by atoms with van der Waals surface area (Å²) in [6, 6.07) is 0.309. The molecule has 0 radical (unpaired) electrons. The number of amides is 1. The zero-order valence-corrected chi connectivity index (χ0v) is 15.7. The molecule has 5 rings (SSSR count). The van der Waals surface area contributed by atoms with E-state index in [1.807, 2.05) is 22.0 Å². The average Bonchev–Trinajstić information content (AvgIpc) is 3.41. The Bertz CT molecular complexity index is 863. The van der Waals surface area contributed by atoms with E-state index in [-0.39, 0.29) is 5.91 Å². The molecule has 0 saturated carbocycles. The molecule has 1 atom stereocenters. The van der Waals surface area contributed by atoms with E-state index in [0.29, 0.717) is 12.5 Å². The molecule has 1 unspecified atom stereocenters. The third-order valence-corrected chi connectivity index (χ3v) is 5.98. The second-order valence-corrected chi connectivity index (χ2v) is 7.83. The van der Waals surface area contributed by atoms with E-state index in [9.17, 15) is 4.79 Å². The summed E-state index contributed by atoms with van der Waals surface area (Å²) in [4.78, 5) is 27.6. The number of anilines is 2. The molecular formula is C19H25N7O. The van der Waals surface area contributed by atoms with Crippen LogP contribution in [-0.2, 0) is 17.8 Å². The van der Waals surface area contributed by atoms with Crippen LogP contribution in [0.2, 0.25) is 0 Å². The van der Waals surface area contributed by atoms with Crippen LogP contribution in [0.4, 0.5) is 11.5 Å². The lowest BCUT2D eigenvalue weighted by Gasteiger charge is -2.28. The predicted molar refractivity (Wildman–Crippen MR) is 102 cm³/mol. The van der Waals surface area contributed by atoms with Gasteiger partial charge in [0.1, 0.15) is 12.1 Å². The van der Waals surface area contributed by atoms with Gasteiger partial charge in [0.25, 0.3) is 0 Å². The number of rotatable bonds is 3. The smallest absolute Gasteiger partial charge is 0.227 e. The summed E-state index contributed by atoms with van der Waals surface area (Å²) >= 11 is 0. The largest absolute Gasteiger partial charge is 0.354 e. The number of hydrogen-bond donors (Lipinski definition) is 0. The van der Waals surface area contributed by atoms with E-state index in [1.54, 1.807) is 6.33 Å². The van der Waals surface area contributed by atoms with E-state index < -0.39 is 0 Å². The molecule has 3 aliphatic rings. The van der Waals surface area contributed by atoms with Crippen molar-refractivity contribution in [1.82, 2.24) is 24.6 Å². The summed E-state index contributed by atoms with van der Waals surface area (Å²) in [5.74, 6) is 1.29. The second-order valence-electron chi connectivity index (χ2n) is 7.83. The summed E-state index contributed by atoms with van der Waals surface area (Å²) in [7, 11) is 2.15. The maximum absolute atomic E-state index is 12.0. The summed E-state index contributed by atoms with van der Waals surface area (Å²) < 4.78 is 2.03. The molecule has 2 saturated heterocycles. The molecule has 1 amide bonds. The monoisotopic (exact) mass is 367 g/mol. The number of carbonyl (C=O) groups excluding carboxylic acids is 1. The lowest BCUT2D eigenvalue weighted by atomic mass is 10.1. The molecule has 8 nitrogen and oxygen atoms in total. The quantitative estimate of drug-likeness (QED) is 0.813. The van der Waals surface area contributed by atoms with Gasteiger partial charge in [-0.05, 0) is 19.9 Å². The first-order valence-electron chi connectivity index (χ1n) is 9.80. The third-order valence-electron chi connectivity index (χ3n) is 5.98. The minimum Gasteiger partial charge on any atom is -0.354 e. The summed E-state index contributed by atoms with van der Waals surface area (Å²) in [5, 5.41) is 4.56. The molecule has 2 fully saturated rings. The van der Waals surface area contributed by atoms with Crippen LogP contribution in [0.3, 0.4) is 0 Å². The van der Waals surface area contributed by atoms with Crippen LogP contribution in [0.1, 0.15) is 36.6 Å². The van der Waals surface area contributed by atoms with Gasteiger partial charge in [-0.1, -0.05) is 0 Å². The highest BCUT2D eigenvalue weighted by molar-refractivity contribution is 5.95. The van der Waals surface area contributed by atoms with E-state index in [0.717, 1.165) is 63.5 Å². The van der Waals surface area contributed by atoms with Gasteiger partial charge in [-0.15, -0.1) is 0 Å². The van der Waals surface area contributed by atoms with E-state index >= 15 is 0 Å². The average molecular weight is 367 g/mol. The van der Waals surface area contributed by atoms with Crippen LogP contribution in [0.5, 0.6) is 0 Å². The highest BCUT2D eigenvalue weighted by atomic mass is 16.2. The lowest BCUT2D eigenvalue weighted by molar-refractivity contribution is -0.117. The van der Waals surface area contributed by atoms with Crippen LogP contribution in [0, 0.1) is 0 Å². The molecule has 5 heterocycles. The molecule has 3 aliphatic heterocycles. The number of aromatic nitrogens is 4. The number of likely N-dealkylation sites (N-methyl/N-ethyl adjacent to an activating group) is 1. The molecular weight excluding hydrogens is 342 g/mol. The van der Waals surface area contributed by atoms with Crippen molar-refractivity contribution >= 4 is 17.4 Å². The minimum atomic E-state index is 0.208. The Morgan fingerprint density at radius 2 is 2.07 bits per heavy atom. The fourth-order valence-electron chi connectivity index (χ4n) is 4.47. The first kappa shape index (κ1) is 16.7. The standard InChI is InChI=1S/C19H25N7O/c1-23-7-5-17-16(12-23)19(21-13-20-17)24-8-4-14(10-24)26-11-15(9-22-26)25-6-2-3-18(25)27/h9,11,13-14H,2-8,10,12H2,1H3. The van der Waals surface area contributed by atoms with Crippen molar-refractivity contribution in [3.8, 4) is 0 Å². The molecule has 8 heteroatoms. The molecule has 0 N–H and O–H groups in total. The topological polar surface area (TPSA) is 70.4 Å². The van der Waals surface area contributed by atoms with Crippen LogP contribution in [0.15, 0.2) is 18.7 Å². The van der Waals surface area contributed by atoms with Crippen LogP contribution in [0.25, 0.3) is 0 Å². The van der Waals surface area contributed by atoms with Crippen molar-refractivity contribution < 1.29 is 4.79 Å². The number of fused-ring (bicyclic) bond motifs is 1. The van der Waals surface area contributed by atoms with E-state index in [4.69, 9.17) is 0 Å². The Kier molecular flexibility index (Phi) is 4.07. The minimum absolute atomic E-state index is 0.208. The predicted octanol–water partition coefficient (Wildman–Crippen LogP) is 1.24. The van der Waals surface area contributed by atoms with Crippen molar-refractivity contribution in [2.45, 2.75) is 38.3 Å². The Morgan fingerprint density at radius 1 is 1.15 bits per heavy atom. The van der Waals surface area contributed by atoms with Crippen molar-refractivity contribution in [2.24, 2.45) is 0 Å². The van der Waals surface area contributed by atoms with Crippen LogP contribution in [-0.4, -0.2) is 63.8 Å².